The van der Waals surface area contributed by atoms with Crippen molar-refractivity contribution in [2.75, 3.05) is 11.9 Å². The summed E-state index contributed by atoms with van der Waals surface area (Å²) in [5.74, 6) is -2.33. The lowest BCUT2D eigenvalue weighted by molar-refractivity contribution is -0.384. The van der Waals surface area contributed by atoms with E-state index in [0.29, 0.717) is 6.42 Å². The van der Waals surface area contributed by atoms with E-state index in [1.807, 2.05) is 0 Å². The van der Waals surface area contributed by atoms with Crippen molar-refractivity contribution in [3.05, 3.63) is 34.1 Å². The van der Waals surface area contributed by atoms with E-state index >= 15 is 0 Å². The van der Waals surface area contributed by atoms with Crippen LogP contribution in [0.1, 0.15) is 13.3 Å². The van der Waals surface area contributed by atoms with E-state index in [-0.39, 0.29) is 12.2 Å². The maximum atomic E-state index is 12.9. The zero-order chi connectivity index (χ0) is 13.7. The molecule has 0 spiro atoms. The highest BCUT2D eigenvalue weighted by Crippen LogP contribution is 2.25. The summed E-state index contributed by atoms with van der Waals surface area (Å²) in [6.45, 7) is 1.76. The summed E-state index contributed by atoms with van der Waals surface area (Å²) in [5.41, 5.74) is -0.295. The highest BCUT2D eigenvalue weighted by Gasteiger charge is 2.18. The van der Waals surface area contributed by atoms with Crippen LogP contribution in [0.3, 0.4) is 0 Å². The van der Waals surface area contributed by atoms with Gasteiger partial charge < -0.3 is 10.4 Å². The third-order valence-corrected chi connectivity index (χ3v) is 2.54. The smallest absolute Gasteiger partial charge is 0.308 e. The van der Waals surface area contributed by atoms with Crippen molar-refractivity contribution >= 4 is 17.3 Å². The molecule has 0 aromatic heterocycles. The van der Waals surface area contributed by atoms with E-state index in [1.165, 1.54) is 6.07 Å². The van der Waals surface area contributed by atoms with Gasteiger partial charge in [0.1, 0.15) is 11.5 Å². The molecule has 7 heteroatoms. The lowest BCUT2D eigenvalue weighted by Crippen LogP contribution is -2.22. The second-order valence-electron chi connectivity index (χ2n) is 3.74. The number of hydrogen-bond donors (Lipinski definition) is 2. The van der Waals surface area contributed by atoms with Gasteiger partial charge in [-0.3, -0.25) is 14.9 Å². The van der Waals surface area contributed by atoms with E-state index in [1.54, 1.807) is 6.92 Å². The molecular formula is C11H13FN2O4. The molecule has 0 aliphatic carbocycles. The average Bonchev–Trinajstić information content (AvgIpc) is 2.30. The van der Waals surface area contributed by atoms with E-state index < -0.39 is 28.3 Å². The fourth-order valence-corrected chi connectivity index (χ4v) is 1.44. The number of carbonyl (C=O) groups is 1. The third-order valence-electron chi connectivity index (χ3n) is 2.54. The van der Waals surface area contributed by atoms with Crippen molar-refractivity contribution in [2.24, 2.45) is 5.92 Å². The Labute approximate surface area is 103 Å². The van der Waals surface area contributed by atoms with Crippen LogP contribution in [0.4, 0.5) is 15.8 Å². The highest BCUT2D eigenvalue weighted by atomic mass is 19.1. The largest absolute Gasteiger partial charge is 0.481 e. The molecule has 0 amide bonds. The van der Waals surface area contributed by atoms with Gasteiger partial charge in [0.05, 0.1) is 16.9 Å². The maximum absolute atomic E-state index is 12.9. The Morgan fingerprint density at radius 3 is 2.78 bits per heavy atom. The normalized spacial score (nSPS) is 11.9. The van der Waals surface area contributed by atoms with Gasteiger partial charge >= 0.3 is 5.97 Å². The van der Waals surface area contributed by atoms with Crippen molar-refractivity contribution in [1.29, 1.82) is 0 Å². The number of nitrogens with zero attached hydrogens (tertiary/aromatic N) is 1. The predicted molar refractivity (Wildman–Crippen MR) is 63.0 cm³/mol. The molecule has 0 saturated heterocycles. The Morgan fingerprint density at radius 1 is 1.61 bits per heavy atom. The summed E-state index contributed by atoms with van der Waals surface area (Å²) >= 11 is 0. The Balaban J connectivity index is 2.84. The average molecular weight is 256 g/mol. The zero-order valence-electron chi connectivity index (χ0n) is 9.72. The number of nitro groups is 1. The lowest BCUT2D eigenvalue weighted by atomic mass is 10.1. The van der Waals surface area contributed by atoms with Gasteiger partial charge in [0.25, 0.3) is 5.69 Å². The monoisotopic (exact) mass is 256 g/mol. The van der Waals surface area contributed by atoms with Gasteiger partial charge in [-0.05, 0) is 18.6 Å². The molecule has 6 nitrogen and oxygen atoms in total. The van der Waals surface area contributed by atoms with E-state index in [0.717, 1.165) is 12.1 Å². The number of aliphatic carboxylic acids is 1. The number of hydrogen-bond acceptors (Lipinski definition) is 4. The molecule has 0 aliphatic heterocycles. The van der Waals surface area contributed by atoms with Crippen molar-refractivity contribution in [3.8, 4) is 0 Å². The molecule has 0 saturated carbocycles. The first-order chi connectivity index (χ1) is 8.45. The minimum atomic E-state index is -0.977. The molecule has 1 atom stereocenters. The molecule has 2 N–H and O–H groups in total. The maximum Gasteiger partial charge on any atom is 0.308 e. The van der Waals surface area contributed by atoms with Crippen LogP contribution < -0.4 is 5.32 Å². The fourth-order valence-electron chi connectivity index (χ4n) is 1.44. The number of nitro benzene ring substituents is 1. The first kappa shape index (κ1) is 13.9. The zero-order valence-corrected chi connectivity index (χ0v) is 9.72. The molecule has 0 fully saturated rings. The van der Waals surface area contributed by atoms with Gasteiger partial charge in [-0.1, -0.05) is 6.92 Å². The van der Waals surface area contributed by atoms with Crippen LogP contribution in [0.25, 0.3) is 0 Å². The second-order valence-corrected chi connectivity index (χ2v) is 3.74. The van der Waals surface area contributed by atoms with Crippen molar-refractivity contribution in [1.82, 2.24) is 0 Å². The molecule has 1 aromatic carbocycles. The van der Waals surface area contributed by atoms with Crippen LogP contribution in [0.5, 0.6) is 0 Å². The molecule has 18 heavy (non-hydrogen) atoms. The standard InChI is InChI=1S/C11H13FN2O4/c1-2-7(11(15)16)6-13-9-4-3-8(12)5-10(9)14(17)18/h3-5,7,13H,2,6H2,1H3,(H,15,16). The molecule has 0 bridgehead atoms. The lowest BCUT2D eigenvalue weighted by Gasteiger charge is -2.12. The van der Waals surface area contributed by atoms with Crippen molar-refractivity contribution in [3.63, 3.8) is 0 Å². The number of rotatable bonds is 6. The van der Waals surface area contributed by atoms with Crippen molar-refractivity contribution < 1.29 is 19.2 Å². The van der Waals surface area contributed by atoms with Gasteiger partial charge in [-0.15, -0.1) is 0 Å². The van der Waals surface area contributed by atoms with Crippen LogP contribution in [0.15, 0.2) is 18.2 Å². The Bertz CT molecular complexity index is 464. The van der Waals surface area contributed by atoms with Gasteiger partial charge in [-0.2, -0.15) is 0 Å². The summed E-state index contributed by atoms with van der Waals surface area (Å²) in [7, 11) is 0. The molecule has 1 rings (SSSR count). The van der Waals surface area contributed by atoms with Crippen LogP contribution >= 0.6 is 0 Å². The van der Waals surface area contributed by atoms with Crippen LogP contribution in [0, 0.1) is 21.8 Å². The minimum Gasteiger partial charge on any atom is -0.481 e. The molecule has 1 unspecified atom stereocenters. The van der Waals surface area contributed by atoms with Crippen LogP contribution in [0.2, 0.25) is 0 Å². The number of carboxylic acid groups (broad SMARTS) is 1. The summed E-state index contributed by atoms with van der Waals surface area (Å²) < 4.78 is 12.9. The summed E-state index contributed by atoms with van der Waals surface area (Å²) in [6, 6.07) is 3.10. The summed E-state index contributed by atoms with van der Waals surface area (Å²) in [6.07, 6.45) is 0.400. The number of halogens is 1. The summed E-state index contributed by atoms with van der Waals surface area (Å²) in [5, 5.41) is 22.2. The summed E-state index contributed by atoms with van der Waals surface area (Å²) in [4.78, 5) is 20.8. The Kier molecular flexibility index (Phi) is 4.59. The van der Waals surface area contributed by atoms with Crippen LogP contribution in [-0.2, 0) is 4.79 Å². The van der Waals surface area contributed by atoms with Gasteiger partial charge in [0, 0.05) is 6.54 Å². The predicted octanol–water partition coefficient (Wildman–Crippen LogP) is 2.26. The molecular weight excluding hydrogens is 243 g/mol. The molecule has 98 valence electrons. The second kappa shape index (κ2) is 5.95. The Hall–Kier alpha value is -2.18. The third kappa shape index (κ3) is 3.41. The quantitative estimate of drug-likeness (QED) is 0.601. The topological polar surface area (TPSA) is 92.5 Å². The minimum absolute atomic E-state index is 0.0539. The van der Waals surface area contributed by atoms with E-state index in [9.17, 15) is 19.3 Å². The van der Waals surface area contributed by atoms with E-state index in [2.05, 4.69) is 5.32 Å². The van der Waals surface area contributed by atoms with Crippen molar-refractivity contribution in [2.45, 2.75) is 13.3 Å². The highest BCUT2D eigenvalue weighted by molar-refractivity contribution is 5.71. The SMILES string of the molecule is CCC(CNc1ccc(F)cc1[N+](=O)[O-])C(=O)O. The van der Waals surface area contributed by atoms with Gasteiger partial charge in [0.15, 0.2) is 0 Å². The molecule has 0 radical (unpaired) electrons. The fraction of sp³-hybridized carbons (Fsp3) is 0.364. The number of carboxylic acids is 1. The number of benzene rings is 1. The molecule has 0 aliphatic rings. The first-order valence-electron chi connectivity index (χ1n) is 5.36. The Morgan fingerprint density at radius 2 is 2.28 bits per heavy atom. The first-order valence-corrected chi connectivity index (χ1v) is 5.36. The van der Waals surface area contributed by atoms with Gasteiger partial charge in [0.2, 0.25) is 0 Å². The molecule has 1 aromatic rings. The van der Waals surface area contributed by atoms with Crippen LogP contribution in [-0.4, -0.2) is 22.5 Å². The van der Waals surface area contributed by atoms with Gasteiger partial charge in [-0.25, -0.2) is 4.39 Å². The number of nitrogens with one attached hydrogen (secondary N) is 1. The number of anilines is 1. The molecule has 0 heterocycles. The van der Waals surface area contributed by atoms with E-state index in [4.69, 9.17) is 5.11 Å².